The van der Waals surface area contributed by atoms with Gasteiger partial charge in [0.1, 0.15) is 0 Å². The van der Waals surface area contributed by atoms with E-state index in [1.807, 2.05) is 18.2 Å². The number of halogens is 1. The molecule has 0 aliphatic carbocycles. The molecule has 2 aliphatic heterocycles. The smallest absolute Gasteiger partial charge is 0.338 e. The van der Waals surface area contributed by atoms with E-state index in [1.54, 1.807) is 6.07 Å². The highest BCUT2D eigenvalue weighted by molar-refractivity contribution is 8.93. The van der Waals surface area contributed by atoms with Gasteiger partial charge in [-0.3, -0.25) is 4.99 Å². The van der Waals surface area contributed by atoms with E-state index < -0.39 is 0 Å². The van der Waals surface area contributed by atoms with E-state index in [1.165, 1.54) is 24.0 Å². The Hall–Kier alpha value is -3.12. The fraction of sp³-hybridized carbons (Fsp3) is 0.200. The second kappa shape index (κ2) is 8.94. The topological polar surface area (TPSA) is 45.1 Å². The van der Waals surface area contributed by atoms with E-state index >= 15 is 0 Å². The lowest BCUT2D eigenvalue weighted by molar-refractivity contribution is 0.0601. The first-order valence-corrected chi connectivity index (χ1v) is 10.2. The van der Waals surface area contributed by atoms with E-state index in [0.717, 1.165) is 43.1 Å². The van der Waals surface area contributed by atoms with Gasteiger partial charge in [0.2, 0.25) is 5.96 Å². The number of hydrogen-bond acceptors (Lipinski definition) is 5. The molecule has 0 saturated heterocycles. The third-order valence-electron chi connectivity index (χ3n) is 5.68. The van der Waals surface area contributed by atoms with Crippen LogP contribution >= 0.6 is 17.0 Å². The van der Waals surface area contributed by atoms with Crippen LogP contribution in [0.2, 0.25) is 0 Å². The zero-order valence-electron chi connectivity index (χ0n) is 17.3. The van der Waals surface area contributed by atoms with Crippen molar-refractivity contribution in [2.24, 2.45) is 4.99 Å². The van der Waals surface area contributed by atoms with Crippen molar-refractivity contribution in [1.29, 1.82) is 0 Å². The number of anilines is 2. The van der Waals surface area contributed by atoms with Gasteiger partial charge in [-0.15, -0.1) is 17.0 Å². The molecule has 0 atom stereocenters. The number of aliphatic imine (C=N–C) groups is 1. The molecule has 5 nitrogen and oxygen atoms in total. The summed E-state index contributed by atoms with van der Waals surface area (Å²) in [7, 11) is 1.41. The fourth-order valence-corrected chi connectivity index (χ4v) is 4.23. The number of para-hydroxylation sites is 2. The van der Waals surface area contributed by atoms with Crippen LogP contribution in [0.15, 0.2) is 77.8 Å². The zero-order chi connectivity index (χ0) is 20.5. The molecule has 3 aromatic rings. The maximum Gasteiger partial charge on any atom is 0.338 e. The van der Waals surface area contributed by atoms with Crippen LogP contribution in [0.3, 0.4) is 0 Å². The van der Waals surface area contributed by atoms with Crippen molar-refractivity contribution in [1.82, 2.24) is 0 Å². The molecule has 0 unspecified atom stereocenters. The first kappa shape index (κ1) is 21.1. The first-order valence-electron chi connectivity index (χ1n) is 10.2. The first-order chi connectivity index (χ1) is 14.8. The summed E-state index contributed by atoms with van der Waals surface area (Å²) in [5, 5.41) is 0. The van der Waals surface area contributed by atoms with E-state index in [2.05, 4.69) is 58.3 Å². The van der Waals surface area contributed by atoms with Gasteiger partial charge >= 0.3 is 5.97 Å². The molecule has 2 heterocycles. The van der Waals surface area contributed by atoms with Crippen LogP contribution < -0.4 is 9.80 Å². The summed E-state index contributed by atoms with van der Waals surface area (Å²) in [4.78, 5) is 21.5. The molecule has 0 aromatic heterocycles. The standard InChI is InChI=1S/C25H23N3O2.BrH/c1-30-24(29)21-8-3-2-7-20(21)19-13-11-18(12-14-19)17-28-23-10-5-4-9-22(23)27-16-6-15-26-25(27)28;/h2-5,7-14H,6,15-17H2,1H3;1H. The van der Waals surface area contributed by atoms with Crippen molar-refractivity contribution in [3.05, 3.63) is 83.9 Å². The Labute approximate surface area is 192 Å². The molecule has 0 bridgehead atoms. The van der Waals surface area contributed by atoms with Crippen molar-refractivity contribution < 1.29 is 9.53 Å². The van der Waals surface area contributed by atoms with Gasteiger partial charge < -0.3 is 14.5 Å². The number of rotatable bonds is 4. The normalized spacial score (nSPS) is 14.3. The molecule has 5 rings (SSSR count). The Morgan fingerprint density at radius 1 is 0.968 bits per heavy atom. The van der Waals surface area contributed by atoms with E-state index in [4.69, 9.17) is 9.73 Å². The molecule has 2 aliphatic rings. The quantitative estimate of drug-likeness (QED) is 0.478. The van der Waals surface area contributed by atoms with Crippen molar-refractivity contribution >= 4 is 40.3 Å². The highest BCUT2D eigenvalue weighted by atomic mass is 79.9. The summed E-state index contributed by atoms with van der Waals surface area (Å²) in [6, 6.07) is 24.4. The van der Waals surface area contributed by atoms with E-state index in [-0.39, 0.29) is 23.0 Å². The molecule has 0 saturated carbocycles. The lowest BCUT2D eigenvalue weighted by Gasteiger charge is -2.27. The number of methoxy groups -OCH3 is 1. The van der Waals surface area contributed by atoms with E-state index in [0.29, 0.717) is 5.56 Å². The van der Waals surface area contributed by atoms with Gasteiger partial charge in [0.15, 0.2) is 0 Å². The minimum atomic E-state index is -0.321. The second-order valence-electron chi connectivity index (χ2n) is 7.50. The number of carbonyl (C=O) groups is 1. The lowest BCUT2D eigenvalue weighted by Crippen LogP contribution is -2.41. The number of guanidine groups is 1. The summed E-state index contributed by atoms with van der Waals surface area (Å²) in [5.41, 5.74) is 6.09. The van der Waals surface area contributed by atoms with Gasteiger partial charge in [0.05, 0.1) is 30.6 Å². The van der Waals surface area contributed by atoms with Crippen LogP contribution in [0.25, 0.3) is 11.1 Å². The number of esters is 1. The van der Waals surface area contributed by atoms with Crippen LogP contribution in [0.1, 0.15) is 22.3 Å². The van der Waals surface area contributed by atoms with Crippen LogP contribution in [-0.4, -0.2) is 32.1 Å². The van der Waals surface area contributed by atoms with Crippen LogP contribution in [-0.2, 0) is 11.3 Å². The average molecular weight is 478 g/mol. The predicted octanol–water partition coefficient (Wildman–Crippen LogP) is 5.30. The maximum absolute atomic E-state index is 12.1. The number of ether oxygens (including phenoxy) is 1. The highest BCUT2D eigenvalue weighted by Crippen LogP contribution is 2.39. The number of carbonyl (C=O) groups excluding carboxylic acids is 1. The fourth-order valence-electron chi connectivity index (χ4n) is 4.23. The van der Waals surface area contributed by atoms with Crippen molar-refractivity contribution in [3.8, 4) is 11.1 Å². The predicted molar refractivity (Wildman–Crippen MR) is 130 cm³/mol. The highest BCUT2D eigenvalue weighted by Gasteiger charge is 2.33. The van der Waals surface area contributed by atoms with Crippen LogP contribution in [0.5, 0.6) is 0 Å². The molecule has 6 heteroatoms. The van der Waals surface area contributed by atoms with Gasteiger partial charge in [0.25, 0.3) is 0 Å². The summed E-state index contributed by atoms with van der Waals surface area (Å²) >= 11 is 0. The minimum Gasteiger partial charge on any atom is -0.465 e. The molecule has 0 spiro atoms. The third kappa shape index (κ3) is 3.83. The molecule has 3 aromatic carbocycles. The summed E-state index contributed by atoms with van der Waals surface area (Å²) in [6.07, 6.45) is 1.08. The summed E-state index contributed by atoms with van der Waals surface area (Å²) in [5.74, 6) is 0.723. The Morgan fingerprint density at radius 3 is 2.45 bits per heavy atom. The number of nitrogens with zero attached hydrogens (tertiary/aromatic N) is 3. The Bertz CT molecular complexity index is 1130. The molecule has 158 valence electrons. The molecule has 0 fully saturated rings. The Kier molecular flexibility index (Phi) is 6.09. The van der Waals surface area contributed by atoms with Crippen molar-refractivity contribution in [3.63, 3.8) is 0 Å². The van der Waals surface area contributed by atoms with Crippen molar-refractivity contribution in [2.45, 2.75) is 13.0 Å². The average Bonchev–Trinajstić information content (AvgIpc) is 3.13. The summed E-state index contributed by atoms with van der Waals surface area (Å²) < 4.78 is 4.93. The minimum absolute atomic E-state index is 0. The molecular weight excluding hydrogens is 454 g/mol. The molecule has 0 radical (unpaired) electrons. The number of fused-ring (bicyclic) bond motifs is 3. The van der Waals surface area contributed by atoms with Gasteiger partial charge in [-0.2, -0.15) is 0 Å². The monoisotopic (exact) mass is 477 g/mol. The molecule has 0 amide bonds. The van der Waals surface area contributed by atoms with Gasteiger partial charge in [0, 0.05) is 13.1 Å². The molecule has 31 heavy (non-hydrogen) atoms. The molecular formula is C25H24BrN3O2. The van der Waals surface area contributed by atoms with Crippen LogP contribution in [0.4, 0.5) is 11.4 Å². The van der Waals surface area contributed by atoms with Crippen LogP contribution in [0, 0.1) is 0 Å². The van der Waals surface area contributed by atoms with Gasteiger partial charge in [-0.25, -0.2) is 4.79 Å². The SMILES string of the molecule is Br.COC(=O)c1ccccc1-c1ccc(CN2C3=NCCCN3c3ccccc32)cc1. The zero-order valence-corrected chi connectivity index (χ0v) is 19.0. The number of benzene rings is 3. The van der Waals surface area contributed by atoms with Crippen molar-refractivity contribution in [2.75, 3.05) is 30.0 Å². The van der Waals surface area contributed by atoms with Gasteiger partial charge in [-0.05, 0) is 41.3 Å². The van der Waals surface area contributed by atoms with Gasteiger partial charge in [-0.1, -0.05) is 54.6 Å². The Balaban J connectivity index is 0.00000231. The van der Waals surface area contributed by atoms with E-state index in [9.17, 15) is 4.79 Å². The number of hydrogen-bond donors (Lipinski definition) is 0. The molecule has 0 N–H and O–H groups in total. The largest absolute Gasteiger partial charge is 0.465 e. The summed E-state index contributed by atoms with van der Waals surface area (Å²) in [6.45, 7) is 2.64. The Morgan fingerprint density at radius 2 is 1.68 bits per heavy atom. The lowest BCUT2D eigenvalue weighted by atomic mass is 9.98. The maximum atomic E-state index is 12.1. The third-order valence-corrected chi connectivity index (χ3v) is 5.68. The second-order valence-corrected chi connectivity index (χ2v) is 7.50.